The van der Waals surface area contributed by atoms with Gasteiger partial charge in [-0.05, 0) is 23.3 Å². The van der Waals surface area contributed by atoms with E-state index < -0.39 is 12.0 Å². The number of carboxylic acids is 1. The van der Waals surface area contributed by atoms with Crippen molar-refractivity contribution in [2.75, 3.05) is 19.4 Å². The Morgan fingerprint density at radius 1 is 1.36 bits per heavy atom. The summed E-state index contributed by atoms with van der Waals surface area (Å²) in [6, 6.07) is 7.15. The second-order valence-corrected chi connectivity index (χ2v) is 6.85. The standard InChI is InChI=1S/C16H19NO4S/c1-21-11-8-13(16(19)20)17(9-11)15(18)14-12-5-3-2-4-10(12)6-7-22-14/h2-5,11,13-14H,6-9H2,1H3,(H,19,20). The van der Waals surface area contributed by atoms with Crippen molar-refractivity contribution < 1.29 is 19.4 Å². The number of carbonyl (C=O) groups is 2. The summed E-state index contributed by atoms with van der Waals surface area (Å²) in [5.74, 6) is -0.182. The number of thioether (sulfide) groups is 1. The highest BCUT2D eigenvalue weighted by molar-refractivity contribution is 8.00. The molecule has 0 saturated carbocycles. The number of carboxylic acid groups (broad SMARTS) is 1. The smallest absolute Gasteiger partial charge is 0.326 e. The lowest BCUT2D eigenvalue weighted by Gasteiger charge is -2.30. The minimum Gasteiger partial charge on any atom is -0.480 e. The van der Waals surface area contributed by atoms with E-state index in [0.29, 0.717) is 13.0 Å². The fourth-order valence-corrected chi connectivity index (χ4v) is 4.46. The monoisotopic (exact) mass is 321 g/mol. The SMILES string of the molecule is COC1CC(C(=O)O)N(C(=O)C2SCCc3ccccc32)C1. The third kappa shape index (κ3) is 2.73. The van der Waals surface area contributed by atoms with Gasteiger partial charge in [-0.25, -0.2) is 4.79 Å². The van der Waals surface area contributed by atoms with E-state index in [9.17, 15) is 14.7 Å². The fraction of sp³-hybridized carbons (Fsp3) is 0.500. The van der Waals surface area contributed by atoms with Gasteiger partial charge < -0.3 is 14.7 Å². The molecule has 2 aliphatic rings. The van der Waals surface area contributed by atoms with Crippen molar-refractivity contribution in [2.45, 2.75) is 30.2 Å². The molecule has 3 atom stereocenters. The van der Waals surface area contributed by atoms with Crippen LogP contribution in [0.3, 0.4) is 0 Å². The summed E-state index contributed by atoms with van der Waals surface area (Å²) < 4.78 is 5.26. The molecule has 2 heterocycles. The summed E-state index contributed by atoms with van der Waals surface area (Å²) in [5, 5.41) is 9.08. The van der Waals surface area contributed by atoms with Crippen molar-refractivity contribution in [1.82, 2.24) is 4.90 Å². The fourth-order valence-electron chi connectivity index (χ4n) is 3.19. The summed E-state index contributed by atoms with van der Waals surface area (Å²) >= 11 is 1.60. The first-order chi connectivity index (χ1) is 10.6. The van der Waals surface area contributed by atoms with Crippen LogP contribution in [0.2, 0.25) is 0 Å². The summed E-state index contributed by atoms with van der Waals surface area (Å²) in [5.41, 5.74) is 2.21. The lowest BCUT2D eigenvalue weighted by atomic mass is 10.0. The number of aryl methyl sites for hydroxylation is 1. The lowest BCUT2D eigenvalue weighted by molar-refractivity contribution is -0.148. The molecule has 3 unspecified atom stereocenters. The van der Waals surface area contributed by atoms with Gasteiger partial charge in [0.05, 0.1) is 6.10 Å². The molecule has 1 aromatic carbocycles. The van der Waals surface area contributed by atoms with Crippen molar-refractivity contribution in [3.8, 4) is 0 Å². The molecule has 22 heavy (non-hydrogen) atoms. The summed E-state index contributed by atoms with van der Waals surface area (Å²) in [6.45, 7) is 0.353. The molecule has 1 amide bonds. The summed E-state index contributed by atoms with van der Waals surface area (Å²) in [6.07, 6.45) is 1.11. The zero-order chi connectivity index (χ0) is 15.7. The molecule has 118 valence electrons. The van der Waals surface area contributed by atoms with Crippen LogP contribution < -0.4 is 0 Å². The van der Waals surface area contributed by atoms with E-state index in [1.165, 1.54) is 10.5 Å². The maximum absolute atomic E-state index is 12.9. The number of amides is 1. The van der Waals surface area contributed by atoms with Gasteiger partial charge in [0.2, 0.25) is 5.91 Å². The maximum atomic E-state index is 12.9. The first-order valence-electron chi connectivity index (χ1n) is 7.37. The molecule has 2 aliphatic heterocycles. The van der Waals surface area contributed by atoms with Gasteiger partial charge in [-0.3, -0.25) is 4.79 Å². The number of carbonyl (C=O) groups excluding carboxylic acids is 1. The molecular weight excluding hydrogens is 302 g/mol. The second kappa shape index (κ2) is 6.30. The first kappa shape index (κ1) is 15.4. The van der Waals surface area contributed by atoms with Crippen LogP contribution in [0.4, 0.5) is 0 Å². The molecule has 1 N–H and O–H groups in total. The quantitative estimate of drug-likeness (QED) is 0.918. The van der Waals surface area contributed by atoms with Crippen LogP contribution in [0.15, 0.2) is 24.3 Å². The van der Waals surface area contributed by atoms with E-state index in [0.717, 1.165) is 17.7 Å². The highest BCUT2D eigenvalue weighted by atomic mass is 32.2. The van der Waals surface area contributed by atoms with Crippen LogP contribution in [-0.4, -0.2) is 53.4 Å². The number of methoxy groups -OCH3 is 1. The summed E-state index contributed by atoms with van der Waals surface area (Å²) in [7, 11) is 1.56. The Labute approximate surface area is 133 Å². The zero-order valence-electron chi connectivity index (χ0n) is 12.4. The number of aliphatic carboxylic acids is 1. The van der Waals surface area contributed by atoms with E-state index >= 15 is 0 Å². The third-order valence-corrected chi connectivity index (χ3v) is 5.61. The molecule has 0 aliphatic carbocycles. The number of hydrogen-bond acceptors (Lipinski definition) is 4. The molecule has 5 nitrogen and oxygen atoms in total. The van der Waals surface area contributed by atoms with Crippen molar-refractivity contribution in [3.63, 3.8) is 0 Å². The largest absolute Gasteiger partial charge is 0.480 e. The third-order valence-electron chi connectivity index (χ3n) is 4.38. The number of likely N-dealkylation sites (tertiary alicyclic amines) is 1. The van der Waals surface area contributed by atoms with Crippen molar-refractivity contribution in [2.24, 2.45) is 0 Å². The van der Waals surface area contributed by atoms with Gasteiger partial charge in [0.25, 0.3) is 0 Å². The van der Waals surface area contributed by atoms with Crippen molar-refractivity contribution in [3.05, 3.63) is 35.4 Å². The molecule has 1 saturated heterocycles. The topological polar surface area (TPSA) is 66.8 Å². The van der Waals surface area contributed by atoms with E-state index in [-0.39, 0.29) is 17.3 Å². The average Bonchev–Trinajstić information content (AvgIpc) is 2.98. The molecule has 0 spiro atoms. The zero-order valence-corrected chi connectivity index (χ0v) is 13.2. The van der Waals surface area contributed by atoms with Crippen LogP contribution >= 0.6 is 11.8 Å². The predicted molar refractivity (Wildman–Crippen MR) is 83.9 cm³/mol. The van der Waals surface area contributed by atoms with E-state index in [2.05, 4.69) is 0 Å². The van der Waals surface area contributed by atoms with Crippen LogP contribution in [-0.2, 0) is 20.7 Å². The first-order valence-corrected chi connectivity index (χ1v) is 8.42. The minimum absolute atomic E-state index is 0.107. The van der Waals surface area contributed by atoms with Gasteiger partial charge in [0.1, 0.15) is 11.3 Å². The van der Waals surface area contributed by atoms with Gasteiger partial charge >= 0.3 is 5.97 Å². The Morgan fingerprint density at radius 3 is 2.86 bits per heavy atom. The van der Waals surface area contributed by atoms with Crippen LogP contribution in [0.5, 0.6) is 0 Å². The summed E-state index contributed by atoms with van der Waals surface area (Å²) in [4.78, 5) is 25.9. The molecule has 1 fully saturated rings. The molecule has 0 bridgehead atoms. The van der Waals surface area contributed by atoms with Gasteiger partial charge in [-0.2, -0.15) is 0 Å². The van der Waals surface area contributed by atoms with Gasteiger partial charge in [0.15, 0.2) is 0 Å². The number of hydrogen-bond donors (Lipinski definition) is 1. The molecule has 3 rings (SSSR count). The average molecular weight is 321 g/mol. The Morgan fingerprint density at radius 2 is 2.14 bits per heavy atom. The maximum Gasteiger partial charge on any atom is 0.326 e. The highest BCUT2D eigenvalue weighted by Crippen LogP contribution is 2.39. The Balaban J connectivity index is 1.86. The van der Waals surface area contributed by atoms with E-state index in [1.54, 1.807) is 18.9 Å². The Hall–Kier alpha value is -1.53. The second-order valence-electron chi connectivity index (χ2n) is 5.64. The minimum atomic E-state index is -0.956. The van der Waals surface area contributed by atoms with Crippen molar-refractivity contribution >= 4 is 23.6 Å². The number of rotatable bonds is 3. The number of fused-ring (bicyclic) bond motifs is 1. The van der Waals surface area contributed by atoms with Gasteiger partial charge in [-0.1, -0.05) is 24.3 Å². The normalized spacial score (nSPS) is 27.5. The lowest BCUT2D eigenvalue weighted by Crippen LogP contribution is -2.43. The number of nitrogens with zero attached hydrogens (tertiary/aromatic N) is 1. The van der Waals surface area contributed by atoms with Crippen LogP contribution in [0, 0.1) is 0 Å². The Bertz CT molecular complexity index is 591. The molecule has 0 radical (unpaired) electrons. The predicted octanol–water partition coefficient (Wildman–Crippen LogP) is 1.72. The molecular formula is C16H19NO4S. The van der Waals surface area contributed by atoms with E-state index in [1.807, 2.05) is 24.3 Å². The van der Waals surface area contributed by atoms with Crippen LogP contribution in [0.1, 0.15) is 22.8 Å². The van der Waals surface area contributed by atoms with E-state index in [4.69, 9.17) is 4.74 Å². The highest BCUT2D eigenvalue weighted by Gasteiger charge is 2.43. The number of ether oxygens (including phenoxy) is 1. The Kier molecular flexibility index (Phi) is 4.40. The number of benzene rings is 1. The van der Waals surface area contributed by atoms with Crippen LogP contribution in [0.25, 0.3) is 0 Å². The molecule has 0 aromatic heterocycles. The van der Waals surface area contributed by atoms with Gasteiger partial charge in [-0.15, -0.1) is 11.8 Å². The van der Waals surface area contributed by atoms with Crippen molar-refractivity contribution in [1.29, 1.82) is 0 Å². The molecule has 1 aromatic rings. The molecule has 6 heteroatoms. The van der Waals surface area contributed by atoms with Gasteiger partial charge in [0, 0.05) is 20.1 Å².